The minimum absolute atomic E-state index is 0.00819. The number of carbonyl (C=O) groups excluding carboxylic acids is 1. The lowest BCUT2D eigenvalue weighted by atomic mass is 9.97. The molecular weight excluding hydrogens is 463 g/mol. The van der Waals surface area contributed by atoms with Crippen molar-refractivity contribution in [2.45, 2.75) is 12.8 Å². The number of hydrogen-bond donors (Lipinski definition) is 5. The molecule has 0 bridgehead atoms. The Balaban J connectivity index is 1.46. The highest BCUT2D eigenvalue weighted by Gasteiger charge is 2.20. The standard InChI is InChI=1S/C25H29FN8O2/c1-36-21-13-22(31-14-19(21)16-6-10-34(11-7-16)25(29)30)32-23(35)17-2-3-18(20(26)12-17)15-4-8-33(9-5-15)24(27)28/h2-4,6,12-14H,5,7-11H2,1H3,(H3,27,28)(H3,29,30)(H,31,32,35). The minimum atomic E-state index is -0.491. The number of halogens is 1. The van der Waals surface area contributed by atoms with Gasteiger partial charge in [0, 0.05) is 55.1 Å². The number of methoxy groups -OCH3 is 1. The van der Waals surface area contributed by atoms with Crippen molar-refractivity contribution in [3.05, 3.63) is 65.1 Å². The fourth-order valence-corrected chi connectivity index (χ4v) is 4.29. The molecule has 11 heteroatoms. The summed E-state index contributed by atoms with van der Waals surface area (Å²) in [5.74, 6) is -0.120. The Morgan fingerprint density at radius 1 is 1.03 bits per heavy atom. The molecule has 2 aromatic rings. The van der Waals surface area contributed by atoms with Crippen LogP contribution in [0.5, 0.6) is 5.75 Å². The number of anilines is 1. The molecule has 0 unspecified atom stereocenters. The Bertz CT molecular complexity index is 1270. The van der Waals surface area contributed by atoms with Crippen molar-refractivity contribution >= 4 is 34.8 Å². The van der Waals surface area contributed by atoms with Gasteiger partial charge in [0.05, 0.1) is 7.11 Å². The van der Waals surface area contributed by atoms with E-state index in [4.69, 9.17) is 27.0 Å². The molecule has 1 amide bonds. The first kappa shape index (κ1) is 24.7. The second-order valence-electron chi connectivity index (χ2n) is 8.54. The number of hydrogen-bond acceptors (Lipinski definition) is 5. The molecule has 0 radical (unpaired) electrons. The van der Waals surface area contributed by atoms with Gasteiger partial charge in [-0.3, -0.25) is 15.6 Å². The zero-order chi connectivity index (χ0) is 25.8. The Hall–Kier alpha value is -4.41. The maximum absolute atomic E-state index is 14.9. The summed E-state index contributed by atoms with van der Waals surface area (Å²) in [5.41, 5.74) is 14.3. The van der Waals surface area contributed by atoms with Gasteiger partial charge in [0.15, 0.2) is 11.9 Å². The highest BCUT2D eigenvalue weighted by atomic mass is 19.1. The average molecular weight is 493 g/mol. The van der Waals surface area contributed by atoms with Crippen LogP contribution in [0, 0.1) is 16.6 Å². The van der Waals surface area contributed by atoms with Gasteiger partial charge in [0.2, 0.25) is 0 Å². The van der Waals surface area contributed by atoms with E-state index in [2.05, 4.69) is 10.3 Å². The van der Waals surface area contributed by atoms with Gasteiger partial charge in [0.1, 0.15) is 17.4 Å². The van der Waals surface area contributed by atoms with E-state index in [9.17, 15) is 9.18 Å². The van der Waals surface area contributed by atoms with E-state index < -0.39 is 11.7 Å². The lowest BCUT2D eigenvalue weighted by Crippen LogP contribution is -2.39. The predicted molar refractivity (Wildman–Crippen MR) is 137 cm³/mol. The van der Waals surface area contributed by atoms with Crippen molar-refractivity contribution in [2.24, 2.45) is 11.5 Å². The topological polar surface area (TPSA) is 157 Å². The summed E-state index contributed by atoms with van der Waals surface area (Å²) in [6.07, 6.45) is 6.69. The molecule has 0 fully saturated rings. The van der Waals surface area contributed by atoms with Gasteiger partial charge in [-0.05, 0) is 36.1 Å². The first-order valence-electron chi connectivity index (χ1n) is 11.5. The van der Waals surface area contributed by atoms with E-state index in [0.29, 0.717) is 50.3 Å². The summed E-state index contributed by atoms with van der Waals surface area (Å²) in [5, 5.41) is 17.8. The Labute approximate surface area is 208 Å². The zero-order valence-electron chi connectivity index (χ0n) is 20.0. The van der Waals surface area contributed by atoms with E-state index in [1.165, 1.54) is 6.07 Å². The zero-order valence-corrected chi connectivity index (χ0v) is 20.0. The number of nitrogens with zero attached hydrogens (tertiary/aromatic N) is 3. The molecule has 2 aliphatic rings. The lowest BCUT2D eigenvalue weighted by Gasteiger charge is -2.27. The molecule has 4 rings (SSSR count). The molecule has 0 spiro atoms. The summed E-state index contributed by atoms with van der Waals surface area (Å²) < 4.78 is 20.4. The van der Waals surface area contributed by atoms with Gasteiger partial charge in [-0.2, -0.15) is 0 Å². The summed E-state index contributed by atoms with van der Waals surface area (Å²) in [7, 11) is 1.54. The van der Waals surface area contributed by atoms with Gasteiger partial charge < -0.3 is 31.3 Å². The third-order valence-electron chi connectivity index (χ3n) is 6.35. The van der Waals surface area contributed by atoms with Crippen LogP contribution in [0.2, 0.25) is 0 Å². The molecule has 0 saturated carbocycles. The quantitative estimate of drug-likeness (QED) is 0.317. The van der Waals surface area contributed by atoms with E-state index in [1.807, 2.05) is 12.2 Å². The molecule has 0 atom stereocenters. The van der Waals surface area contributed by atoms with Crippen LogP contribution >= 0.6 is 0 Å². The molecule has 36 heavy (non-hydrogen) atoms. The smallest absolute Gasteiger partial charge is 0.256 e. The number of aromatic nitrogens is 1. The predicted octanol–water partition coefficient (Wildman–Crippen LogP) is 2.45. The average Bonchev–Trinajstić information content (AvgIpc) is 2.88. The Morgan fingerprint density at radius 3 is 2.14 bits per heavy atom. The van der Waals surface area contributed by atoms with E-state index in [1.54, 1.807) is 41.3 Å². The Kier molecular flexibility index (Phi) is 7.18. The molecule has 0 aliphatic carbocycles. The minimum Gasteiger partial charge on any atom is -0.496 e. The van der Waals surface area contributed by atoms with Crippen molar-refractivity contribution in [1.82, 2.24) is 14.8 Å². The lowest BCUT2D eigenvalue weighted by molar-refractivity contribution is 0.102. The van der Waals surface area contributed by atoms with Crippen LogP contribution < -0.4 is 21.5 Å². The van der Waals surface area contributed by atoms with Gasteiger partial charge in [-0.1, -0.05) is 18.2 Å². The van der Waals surface area contributed by atoms with E-state index in [-0.39, 0.29) is 23.3 Å². The van der Waals surface area contributed by atoms with Crippen LogP contribution in [0.4, 0.5) is 10.2 Å². The highest BCUT2D eigenvalue weighted by molar-refractivity contribution is 6.04. The van der Waals surface area contributed by atoms with Gasteiger partial charge in [-0.25, -0.2) is 9.37 Å². The number of ether oxygens (including phenoxy) is 1. The van der Waals surface area contributed by atoms with Crippen LogP contribution in [-0.4, -0.2) is 65.9 Å². The van der Waals surface area contributed by atoms with Gasteiger partial charge in [-0.15, -0.1) is 0 Å². The summed E-state index contributed by atoms with van der Waals surface area (Å²) in [4.78, 5) is 20.6. The van der Waals surface area contributed by atoms with Crippen molar-refractivity contribution < 1.29 is 13.9 Å². The molecule has 7 N–H and O–H groups in total. The molecule has 3 heterocycles. The number of rotatable bonds is 5. The Morgan fingerprint density at radius 2 is 1.64 bits per heavy atom. The van der Waals surface area contributed by atoms with Crippen LogP contribution in [-0.2, 0) is 0 Å². The SMILES string of the molecule is COc1cc(NC(=O)c2ccc(C3=CCN(C(=N)N)CC3)c(F)c2)ncc1C1=CCN(C(=N)N)CC1. The molecule has 0 saturated heterocycles. The third kappa shape index (κ3) is 5.29. The molecule has 10 nitrogen and oxygen atoms in total. The van der Waals surface area contributed by atoms with Crippen LogP contribution in [0.3, 0.4) is 0 Å². The van der Waals surface area contributed by atoms with E-state index in [0.717, 1.165) is 16.7 Å². The largest absolute Gasteiger partial charge is 0.496 e. The van der Waals surface area contributed by atoms with Crippen molar-refractivity contribution in [3.63, 3.8) is 0 Å². The number of nitrogens with one attached hydrogen (secondary N) is 3. The molecule has 1 aromatic heterocycles. The fraction of sp³-hybridized carbons (Fsp3) is 0.280. The number of carbonyl (C=O) groups is 1. The summed E-state index contributed by atoms with van der Waals surface area (Å²) >= 11 is 0. The van der Waals surface area contributed by atoms with Crippen LogP contribution in [0.25, 0.3) is 11.1 Å². The van der Waals surface area contributed by atoms with E-state index >= 15 is 0 Å². The van der Waals surface area contributed by atoms with Crippen LogP contribution in [0.1, 0.15) is 34.3 Å². The number of nitrogens with two attached hydrogens (primary N) is 2. The second kappa shape index (κ2) is 10.5. The third-order valence-corrected chi connectivity index (χ3v) is 6.35. The molecular formula is C25H29FN8O2. The normalized spacial score (nSPS) is 15.6. The number of guanidine groups is 2. The fourth-order valence-electron chi connectivity index (χ4n) is 4.29. The molecule has 2 aliphatic heterocycles. The monoisotopic (exact) mass is 492 g/mol. The van der Waals surface area contributed by atoms with Crippen molar-refractivity contribution in [1.29, 1.82) is 10.8 Å². The second-order valence-corrected chi connectivity index (χ2v) is 8.54. The van der Waals surface area contributed by atoms with Crippen molar-refractivity contribution in [2.75, 3.05) is 38.6 Å². The summed E-state index contributed by atoms with van der Waals surface area (Å²) in [6.45, 7) is 2.13. The maximum Gasteiger partial charge on any atom is 0.256 e. The van der Waals surface area contributed by atoms with Gasteiger partial charge >= 0.3 is 0 Å². The first-order chi connectivity index (χ1) is 17.3. The summed E-state index contributed by atoms with van der Waals surface area (Å²) in [6, 6.07) is 6.01. The van der Waals surface area contributed by atoms with Crippen LogP contribution in [0.15, 0.2) is 42.6 Å². The number of amides is 1. The molecule has 1 aromatic carbocycles. The maximum atomic E-state index is 14.9. The van der Waals surface area contributed by atoms with Gasteiger partial charge in [0.25, 0.3) is 5.91 Å². The number of pyridine rings is 1. The van der Waals surface area contributed by atoms with Crippen molar-refractivity contribution in [3.8, 4) is 5.75 Å². The number of benzene rings is 1. The first-order valence-corrected chi connectivity index (χ1v) is 11.5. The molecule has 188 valence electrons. The highest BCUT2D eigenvalue weighted by Crippen LogP contribution is 2.31.